The van der Waals surface area contributed by atoms with Gasteiger partial charge in [-0.3, -0.25) is 4.79 Å². The fourth-order valence-corrected chi connectivity index (χ4v) is 2.78. The van der Waals surface area contributed by atoms with Gasteiger partial charge in [0.1, 0.15) is 11.9 Å². The van der Waals surface area contributed by atoms with Crippen LogP contribution in [0.5, 0.6) is 5.75 Å². The summed E-state index contributed by atoms with van der Waals surface area (Å²) in [5, 5.41) is 3.96. The van der Waals surface area contributed by atoms with Crippen LogP contribution < -0.4 is 15.8 Å². The average molecular weight is 354 g/mol. The zero-order valence-electron chi connectivity index (χ0n) is 14.5. The van der Waals surface area contributed by atoms with Gasteiger partial charge in [-0.2, -0.15) is 0 Å². The molecule has 6 heteroatoms. The summed E-state index contributed by atoms with van der Waals surface area (Å²) in [4.78, 5) is 11.8. The van der Waals surface area contributed by atoms with Crippen molar-refractivity contribution in [2.24, 2.45) is 5.73 Å². The second kappa shape index (κ2) is 10.2. The number of rotatable bonds is 9. The van der Waals surface area contributed by atoms with E-state index >= 15 is 0 Å². The van der Waals surface area contributed by atoms with Gasteiger partial charge in [-0.15, -0.1) is 12.4 Å². The molecule has 1 amide bonds. The topological polar surface area (TPSA) is 69.3 Å². The Morgan fingerprint density at radius 2 is 2.12 bits per heavy atom. The van der Waals surface area contributed by atoms with Crippen LogP contribution in [0.15, 0.2) is 30.5 Å². The van der Waals surface area contributed by atoms with Crippen LogP contribution in [0.25, 0.3) is 10.9 Å². The van der Waals surface area contributed by atoms with Crippen LogP contribution in [-0.4, -0.2) is 29.7 Å². The molecule has 1 unspecified atom stereocenters. The lowest BCUT2D eigenvalue weighted by Crippen LogP contribution is -2.29. The molecule has 0 aliphatic rings. The van der Waals surface area contributed by atoms with Gasteiger partial charge in [-0.05, 0) is 37.6 Å². The Morgan fingerprint density at radius 3 is 2.79 bits per heavy atom. The van der Waals surface area contributed by atoms with E-state index in [9.17, 15) is 4.79 Å². The number of aromatic nitrogens is 1. The first-order chi connectivity index (χ1) is 11.2. The lowest BCUT2D eigenvalue weighted by molar-refractivity contribution is -0.122. The van der Waals surface area contributed by atoms with E-state index in [1.54, 1.807) is 0 Å². The van der Waals surface area contributed by atoms with E-state index in [0.29, 0.717) is 19.5 Å². The normalized spacial score (nSPS) is 11.8. The molecule has 0 saturated heterocycles. The lowest BCUT2D eigenvalue weighted by atomic mass is 10.1. The first kappa shape index (κ1) is 20.3. The van der Waals surface area contributed by atoms with Crippen LogP contribution in [0.4, 0.5) is 0 Å². The number of halogens is 1. The van der Waals surface area contributed by atoms with Gasteiger partial charge in [-0.1, -0.05) is 13.3 Å². The van der Waals surface area contributed by atoms with Gasteiger partial charge in [0.2, 0.25) is 5.91 Å². The number of benzene rings is 1. The van der Waals surface area contributed by atoms with E-state index in [-0.39, 0.29) is 24.4 Å². The molecule has 1 atom stereocenters. The van der Waals surface area contributed by atoms with Gasteiger partial charge < -0.3 is 20.4 Å². The molecule has 134 valence electrons. The molecular weight excluding hydrogens is 326 g/mol. The van der Waals surface area contributed by atoms with Gasteiger partial charge in [0, 0.05) is 36.7 Å². The van der Waals surface area contributed by atoms with E-state index in [1.165, 1.54) is 0 Å². The summed E-state index contributed by atoms with van der Waals surface area (Å²) in [6, 6.07) is 8.12. The number of amides is 1. The van der Waals surface area contributed by atoms with Crippen molar-refractivity contribution in [2.45, 2.75) is 45.8 Å². The molecular formula is C18H28ClN3O2. The summed E-state index contributed by atoms with van der Waals surface area (Å²) in [6.07, 6.45) is 4.20. The Hall–Kier alpha value is -1.72. The maximum atomic E-state index is 11.8. The number of fused-ring (bicyclic) bond motifs is 1. The molecule has 1 heterocycles. The SMILES string of the molecule is CCCC(CC(=O)NCC)Oc1ccc2c(ccn2CCN)c1.Cl. The minimum Gasteiger partial charge on any atom is -0.490 e. The number of carbonyl (C=O) groups excluding carboxylic acids is 1. The van der Waals surface area contributed by atoms with Crippen LogP contribution >= 0.6 is 12.4 Å². The number of ether oxygens (including phenoxy) is 1. The van der Waals surface area contributed by atoms with Crippen molar-refractivity contribution in [3.63, 3.8) is 0 Å². The third kappa shape index (κ3) is 5.42. The second-order valence-electron chi connectivity index (χ2n) is 5.70. The number of hydrogen-bond donors (Lipinski definition) is 2. The third-order valence-electron chi connectivity index (χ3n) is 3.81. The van der Waals surface area contributed by atoms with Crippen LogP contribution in [0.2, 0.25) is 0 Å². The largest absolute Gasteiger partial charge is 0.490 e. The average Bonchev–Trinajstić information content (AvgIpc) is 2.90. The van der Waals surface area contributed by atoms with Crippen molar-refractivity contribution in [1.82, 2.24) is 9.88 Å². The molecule has 2 aromatic rings. The van der Waals surface area contributed by atoms with Crippen molar-refractivity contribution in [3.8, 4) is 5.75 Å². The van der Waals surface area contributed by atoms with Crippen LogP contribution in [-0.2, 0) is 11.3 Å². The first-order valence-corrected chi connectivity index (χ1v) is 8.40. The molecule has 0 spiro atoms. The minimum atomic E-state index is -0.0878. The smallest absolute Gasteiger partial charge is 0.223 e. The summed E-state index contributed by atoms with van der Waals surface area (Å²) in [6.45, 7) is 6.10. The third-order valence-corrected chi connectivity index (χ3v) is 3.81. The predicted octanol–water partition coefficient (Wildman–Crippen LogP) is 3.10. The zero-order valence-corrected chi connectivity index (χ0v) is 15.3. The molecule has 5 nitrogen and oxygen atoms in total. The van der Waals surface area contributed by atoms with E-state index < -0.39 is 0 Å². The molecule has 0 aliphatic carbocycles. The predicted molar refractivity (Wildman–Crippen MR) is 101 cm³/mol. The summed E-state index contributed by atoms with van der Waals surface area (Å²) >= 11 is 0. The van der Waals surface area contributed by atoms with Gasteiger partial charge in [0.15, 0.2) is 0 Å². The lowest BCUT2D eigenvalue weighted by Gasteiger charge is -2.18. The summed E-state index contributed by atoms with van der Waals surface area (Å²) in [5.74, 6) is 0.854. The molecule has 2 rings (SSSR count). The van der Waals surface area contributed by atoms with E-state index in [1.807, 2.05) is 25.3 Å². The Kier molecular flexibility index (Phi) is 8.65. The Morgan fingerprint density at radius 1 is 1.33 bits per heavy atom. The van der Waals surface area contributed by atoms with Crippen molar-refractivity contribution < 1.29 is 9.53 Å². The highest BCUT2D eigenvalue weighted by Crippen LogP contribution is 2.24. The molecule has 1 aromatic heterocycles. The minimum absolute atomic E-state index is 0. The standard InChI is InChI=1S/C18H27N3O2.ClH/c1-3-5-15(13-18(22)20-4-2)23-16-6-7-17-14(12-16)8-10-21(17)11-9-19;/h6-8,10,12,15H,3-5,9,11,13,19H2,1-2H3,(H,20,22);1H. The van der Waals surface area contributed by atoms with Crippen molar-refractivity contribution in [2.75, 3.05) is 13.1 Å². The first-order valence-electron chi connectivity index (χ1n) is 8.40. The highest BCUT2D eigenvalue weighted by Gasteiger charge is 2.15. The van der Waals surface area contributed by atoms with E-state index in [4.69, 9.17) is 10.5 Å². The molecule has 0 saturated carbocycles. The van der Waals surface area contributed by atoms with Crippen LogP contribution in [0.3, 0.4) is 0 Å². The quantitative estimate of drug-likeness (QED) is 0.727. The number of nitrogens with two attached hydrogens (primary N) is 1. The van der Waals surface area contributed by atoms with Crippen molar-refractivity contribution in [3.05, 3.63) is 30.5 Å². The molecule has 1 aromatic carbocycles. The second-order valence-corrected chi connectivity index (χ2v) is 5.70. The van der Waals surface area contributed by atoms with Gasteiger partial charge in [0.05, 0.1) is 6.42 Å². The summed E-state index contributed by atoms with van der Waals surface area (Å²) < 4.78 is 8.19. The monoisotopic (exact) mass is 353 g/mol. The number of carbonyl (C=O) groups is 1. The fourth-order valence-electron chi connectivity index (χ4n) is 2.78. The van der Waals surface area contributed by atoms with Gasteiger partial charge in [-0.25, -0.2) is 0 Å². The number of hydrogen-bond acceptors (Lipinski definition) is 3. The Bertz CT molecular complexity index is 642. The van der Waals surface area contributed by atoms with Gasteiger partial charge in [0.25, 0.3) is 0 Å². The molecule has 0 radical (unpaired) electrons. The molecule has 3 N–H and O–H groups in total. The fraction of sp³-hybridized carbons (Fsp3) is 0.500. The maximum Gasteiger partial charge on any atom is 0.223 e. The van der Waals surface area contributed by atoms with Crippen molar-refractivity contribution >= 4 is 29.2 Å². The van der Waals surface area contributed by atoms with Crippen LogP contribution in [0.1, 0.15) is 33.1 Å². The molecule has 24 heavy (non-hydrogen) atoms. The maximum absolute atomic E-state index is 11.8. The summed E-state index contributed by atoms with van der Waals surface area (Å²) in [7, 11) is 0. The Labute approximate surface area is 149 Å². The Balaban J connectivity index is 0.00000288. The van der Waals surface area contributed by atoms with E-state index in [0.717, 1.165) is 36.0 Å². The molecule has 0 fully saturated rings. The number of nitrogens with one attached hydrogen (secondary N) is 1. The van der Waals surface area contributed by atoms with Crippen LogP contribution in [0, 0.1) is 0 Å². The highest BCUT2D eigenvalue weighted by molar-refractivity contribution is 5.85. The van der Waals surface area contributed by atoms with Crippen molar-refractivity contribution in [1.29, 1.82) is 0 Å². The van der Waals surface area contributed by atoms with Gasteiger partial charge >= 0.3 is 0 Å². The van der Waals surface area contributed by atoms with E-state index in [2.05, 4.69) is 28.9 Å². The molecule has 0 bridgehead atoms. The summed E-state index contributed by atoms with van der Waals surface area (Å²) in [5.41, 5.74) is 6.78. The zero-order chi connectivity index (χ0) is 16.7. The molecule has 0 aliphatic heterocycles. The number of nitrogens with zero attached hydrogens (tertiary/aromatic N) is 1. The highest BCUT2D eigenvalue weighted by atomic mass is 35.5.